The molecule has 2 rings (SSSR count). The maximum absolute atomic E-state index is 11.3. The van der Waals surface area contributed by atoms with E-state index in [0.717, 1.165) is 25.7 Å². The topological polar surface area (TPSA) is 109 Å². The van der Waals surface area contributed by atoms with Gasteiger partial charge in [0.1, 0.15) is 0 Å². The first-order valence-electron chi connectivity index (χ1n) is 7.10. The summed E-state index contributed by atoms with van der Waals surface area (Å²) in [4.78, 5) is 0. The van der Waals surface area contributed by atoms with Gasteiger partial charge in [0.25, 0.3) is 20.2 Å². The summed E-state index contributed by atoms with van der Waals surface area (Å²) in [6.07, 6.45) is 4.98. The monoisotopic (exact) mass is 326 g/mol. The summed E-state index contributed by atoms with van der Waals surface area (Å²) in [6, 6.07) is 0. The lowest BCUT2D eigenvalue weighted by molar-refractivity contribution is 0.193. The van der Waals surface area contributed by atoms with Crippen LogP contribution in [-0.2, 0) is 20.2 Å². The smallest absolute Gasteiger partial charge is 0.267 e. The van der Waals surface area contributed by atoms with Crippen LogP contribution in [0, 0.1) is 11.8 Å². The minimum Gasteiger partial charge on any atom is -0.285 e. The van der Waals surface area contributed by atoms with Crippen LogP contribution in [0.3, 0.4) is 0 Å². The van der Waals surface area contributed by atoms with Crippen LogP contribution in [0.4, 0.5) is 0 Å². The Morgan fingerprint density at radius 1 is 0.650 bits per heavy atom. The van der Waals surface area contributed by atoms with Gasteiger partial charge in [-0.15, -0.1) is 0 Å². The Bertz CT molecular complexity index is 488. The average molecular weight is 326 g/mol. The molecule has 4 atom stereocenters. The molecular weight excluding hydrogens is 304 g/mol. The predicted molar refractivity (Wildman–Crippen MR) is 74.6 cm³/mol. The summed E-state index contributed by atoms with van der Waals surface area (Å²) in [7, 11) is -8.01. The van der Waals surface area contributed by atoms with Crippen molar-refractivity contribution in [2.24, 2.45) is 11.8 Å². The summed E-state index contributed by atoms with van der Waals surface area (Å²) < 4.78 is 63.4. The summed E-state index contributed by atoms with van der Waals surface area (Å²) in [5.74, 6) is 0.250. The van der Waals surface area contributed by atoms with Gasteiger partial charge >= 0.3 is 0 Å². The zero-order valence-corrected chi connectivity index (χ0v) is 12.9. The third-order valence-corrected chi connectivity index (χ3v) is 7.38. The fraction of sp³-hybridized carbons (Fsp3) is 1.00. The van der Waals surface area contributed by atoms with Gasteiger partial charge < -0.3 is 0 Å². The van der Waals surface area contributed by atoms with Crippen molar-refractivity contribution in [1.29, 1.82) is 0 Å². The molecular formula is C12H22O6S2. The van der Waals surface area contributed by atoms with Crippen molar-refractivity contribution in [1.82, 2.24) is 0 Å². The van der Waals surface area contributed by atoms with Gasteiger partial charge in [0.2, 0.25) is 0 Å². The first kappa shape index (κ1) is 16.2. The highest BCUT2D eigenvalue weighted by molar-refractivity contribution is 7.86. The Morgan fingerprint density at radius 2 is 1.00 bits per heavy atom. The third kappa shape index (κ3) is 3.93. The molecule has 0 radical (unpaired) electrons. The molecule has 0 aromatic carbocycles. The van der Waals surface area contributed by atoms with Crippen LogP contribution in [0.15, 0.2) is 0 Å². The molecule has 8 heteroatoms. The molecule has 2 aliphatic carbocycles. The molecule has 2 N–H and O–H groups in total. The van der Waals surface area contributed by atoms with Crippen molar-refractivity contribution in [3.8, 4) is 0 Å². The Balaban J connectivity index is 2.04. The van der Waals surface area contributed by atoms with Crippen molar-refractivity contribution in [2.75, 3.05) is 0 Å². The van der Waals surface area contributed by atoms with Crippen LogP contribution >= 0.6 is 0 Å². The quantitative estimate of drug-likeness (QED) is 0.766. The van der Waals surface area contributed by atoms with Crippen LogP contribution < -0.4 is 0 Å². The van der Waals surface area contributed by atoms with Gasteiger partial charge in [-0.1, -0.05) is 25.7 Å². The van der Waals surface area contributed by atoms with E-state index in [1.807, 2.05) is 0 Å². The Morgan fingerprint density at radius 3 is 1.30 bits per heavy atom. The third-order valence-electron chi connectivity index (χ3n) is 4.84. The van der Waals surface area contributed by atoms with Crippen molar-refractivity contribution >= 4 is 20.2 Å². The largest absolute Gasteiger partial charge is 0.285 e. The van der Waals surface area contributed by atoms with Gasteiger partial charge in [-0.05, 0) is 37.5 Å². The van der Waals surface area contributed by atoms with E-state index in [-0.39, 0.29) is 11.8 Å². The van der Waals surface area contributed by atoms with Gasteiger partial charge in [-0.25, -0.2) is 0 Å². The highest BCUT2D eigenvalue weighted by Gasteiger charge is 2.38. The molecule has 0 bridgehead atoms. The van der Waals surface area contributed by atoms with Crippen LogP contribution in [0.25, 0.3) is 0 Å². The normalized spacial score (nSPS) is 36.7. The lowest BCUT2D eigenvalue weighted by Gasteiger charge is -2.37. The lowest BCUT2D eigenvalue weighted by Crippen LogP contribution is -2.35. The number of hydrogen-bond donors (Lipinski definition) is 2. The van der Waals surface area contributed by atoms with Crippen LogP contribution in [0.2, 0.25) is 0 Å². The Labute approximate surface area is 120 Å². The zero-order chi connectivity index (χ0) is 15.0. The summed E-state index contributed by atoms with van der Waals surface area (Å²) in [6.45, 7) is 0. The highest BCUT2D eigenvalue weighted by atomic mass is 32.2. The van der Waals surface area contributed by atoms with Gasteiger partial charge in [-0.2, -0.15) is 16.8 Å². The van der Waals surface area contributed by atoms with E-state index in [9.17, 15) is 25.9 Å². The van der Waals surface area contributed by atoms with Crippen molar-refractivity contribution in [3.05, 3.63) is 0 Å². The predicted octanol–water partition coefficient (Wildman–Crippen LogP) is 1.88. The standard InChI is InChI=1S/C12H22O6S2/c13-19(14,15)11-5-1-3-9(7-11)10-4-2-6-12(8-10)20(16,17)18/h9-12H,1-8H2,(H,13,14,15)(H,16,17,18). The molecule has 0 spiro atoms. The molecule has 20 heavy (non-hydrogen) atoms. The minimum absolute atomic E-state index is 0.125. The van der Waals surface area contributed by atoms with Crippen LogP contribution in [0.5, 0.6) is 0 Å². The Hall–Kier alpha value is -0.180. The van der Waals surface area contributed by atoms with Gasteiger partial charge in [0, 0.05) is 0 Å². The molecule has 0 amide bonds. The SMILES string of the molecule is O=S(=O)(O)C1CCCC(C2CCCC(S(=O)(=O)O)C2)C1. The van der Waals surface area contributed by atoms with Gasteiger partial charge in [0.05, 0.1) is 10.5 Å². The molecule has 0 aromatic heterocycles. The van der Waals surface area contributed by atoms with Crippen molar-refractivity contribution < 1.29 is 25.9 Å². The first-order chi connectivity index (χ1) is 9.18. The second kappa shape index (κ2) is 5.90. The van der Waals surface area contributed by atoms with E-state index in [0.29, 0.717) is 25.7 Å². The van der Waals surface area contributed by atoms with Gasteiger partial charge in [-0.3, -0.25) is 9.11 Å². The van der Waals surface area contributed by atoms with E-state index in [2.05, 4.69) is 0 Å². The maximum atomic E-state index is 11.3. The number of rotatable bonds is 3. The summed E-state index contributed by atoms with van der Waals surface area (Å²) in [5.41, 5.74) is 0. The van der Waals surface area contributed by atoms with Crippen molar-refractivity contribution in [3.63, 3.8) is 0 Å². The average Bonchev–Trinajstić information content (AvgIpc) is 2.37. The zero-order valence-electron chi connectivity index (χ0n) is 11.3. The molecule has 2 aliphatic rings. The molecule has 2 saturated carbocycles. The maximum Gasteiger partial charge on any atom is 0.267 e. The molecule has 6 nitrogen and oxygen atoms in total. The molecule has 4 unspecified atom stereocenters. The second-order valence-corrected chi connectivity index (χ2v) is 9.52. The molecule has 118 valence electrons. The fourth-order valence-corrected chi connectivity index (χ4v) is 5.67. The summed E-state index contributed by atoms with van der Waals surface area (Å²) >= 11 is 0. The minimum atomic E-state index is -4.01. The van der Waals surface area contributed by atoms with Gasteiger partial charge in [0.15, 0.2) is 0 Å². The molecule has 0 saturated heterocycles. The van der Waals surface area contributed by atoms with Crippen LogP contribution in [0.1, 0.15) is 51.4 Å². The first-order valence-corrected chi connectivity index (χ1v) is 10.1. The van der Waals surface area contributed by atoms with E-state index in [1.165, 1.54) is 0 Å². The van der Waals surface area contributed by atoms with Crippen molar-refractivity contribution in [2.45, 2.75) is 61.9 Å². The van der Waals surface area contributed by atoms with E-state index in [1.54, 1.807) is 0 Å². The highest BCUT2D eigenvalue weighted by Crippen LogP contribution is 2.41. The van der Waals surface area contributed by atoms with Crippen LogP contribution in [-0.4, -0.2) is 36.4 Å². The summed E-state index contributed by atoms with van der Waals surface area (Å²) in [5, 5.41) is -1.43. The molecule has 2 fully saturated rings. The Kier molecular flexibility index (Phi) is 4.78. The lowest BCUT2D eigenvalue weighted by atomic mass is 9.73. The molecule has 0 aliphatic heterocycles. The van der Waals surface area contributed by atoms with E-state index in [4.69, 9.17) is 0 Å². The second-order valence-electron chi connectivity index (χ2n) is 6.13. The number of hydrogen-bond acceptors (Lipinski definition) is 4. The van der Waals surface area contributed by atoms with E-state index < -0.39 is 30.7 Å². The van der Waals surface area contributed by atoms with E-state index >= 15 is 0 Å². The molecule has 0 heterocycles. The fourth-order valence-electron chi connectivity index (χ4n) is 3.76. The molecule has 0 aromatic rings.